The number of aromatic nitrogens is 3. The number of halogens is 1. The molecule has 10 heteroatoms. The Kier molecular flexibility index (Phi) is 6.41. The van der Waals surface area contributed by atoms with E-state index in [1.807, 2.05) is 34.9 Å². The van der Waals surface area contributed by atoms with Gasteiger partial charge in [-0.05, 0) is 42.3 Å². The molecule has 8 nitrogen and oxygen atoms in total. The summed E-state index contributed by atoms with van der Waals surface area (Å²) in [5.41, 5.74) is 9.34. The minimum Gasteiger partial charge on any atom is -0.383 e. The van der Waals surface area contributed by atoms with Crippen LogP contribution in [0.3, 0.4) is 0 Å². The highest BCUT2D eigenvalue weighted by atomic mass is 35.5. The number of hydrogen-bond acceptors (Lipinski definition) is 6. The van der Waals surface area contributed by atoms with Gasteiger partial charge < -0.3 is 10.3 Å². The SMILES string of the molecule is Cc1ccc(S(=O)(=O)Nc2cccc(C(=O)c3cn(Cc4ccccc4)c4ncnc(N)c34)c2)cc1Cl. The Hall–Kier alpha value is -4.21. The van der Waals surface area contributed by atoms with Gasteiger partial charge in [0.25, 0.3) is 10.0 Å². The largest absolute Gasteiger partial charge is 0.383 e. The number of fused-ring (bicyclic) bond motifs is 1. The highest BCUT2D eigenvalue weighted by Gasteiger charge is 2.22. The van der Waals surface area contributed by atoms with Gasteiger partial charge in [-0.1, -0.05) is 60.1 Å². The molecule has 0 aliphatic rings. The lowest BCUT2D eigenvalue weighted by molar-refractivity contribution is 0.104. The fourth-order valence-electron chi connectivity index (χ4n) is 4.05. The zero-order valence-electron chi connectivity index (χ0n) is 19.7. The first-order valence-electron chi connectivity index (χ1n) is 11.3. The lowest BCUT2D eigenvalue weighted by atomic mass is 10.0. The van der Waals surface area contributed by atoms with Gasteiger partial charge in [0.15, 0.2) is 5.78 Å². The second kappa shape index (κ2) is 9.68. The number of ketones is 1. The van der Waals surface area contributed by atoms with Crippen molar-refractivity contribution in [2.75, 3.05) is 10.5 Å². The maximum atomic E-state index is 13.6. The number of rotatable bonds is 7. The third-order valence-corrected chi connectivity index (χ3v) is 7.74. The smallest absolute Gasteiger partial charge is 0.261 e. The quantitative estimate of drug-likeness (QED) is 0.283. The maximum Gasteiger partial charge on any atom is 0.261 e. The van der Waals surface area contributed by atoms with E-state index in [2.05, 4.69) is 14.7 Å². The van der Waals surface area contributed by atoms with E-state index in [0.29, 0.717) is 28.2 Å². The van der Waals surface area contributed by atoms with E-state index in [0.717, 1.165) is 11.1 Å². The molecule has 2 aromatic heterocycles. The number of sulfonamides is 1. The summed E-state index contributed by atoms with van der Waals surface area (Å²) in [5, 5.41) is 0.794. The predicted molar refractivity (Wildman–Crippen MR) is 144 cm³/mol. The second-order valence-corrected chi connectivity index (χ2v) is 10.6. The molecular weight excluding hydrogens is 510 g/mol. The van der Waals surface area contributed by atoms with Crippen LogP contribution in [-0.2, 0) is 16.6 Å². The van der Waals surface area contributed by atoms with Gasteiger partial charge in [0.2, 0.25) is 0 Å². The number of aryl methyl sites for hydroxylation is 1. The molecule has 0 fully saturated rings. The average Bonchev–Trinajstić information content (AvgIpc) is 3.25. The number of nitrogens with zero attached hydrogens (tertiary/aromatic N) is 3. The number of nitrogens with one attached hydrogen (secondary N) is 1. The lowest BCUT2D eigenvalue weighted by Gasteiger charge is -2.10. The highest BCUT2D eigenvalue weighted by molar-refractivity contribution is 7.92. The number of carbonyl (C=O) groups excluding carboxylic acids is 1. The molecule has 3 aromatic carbocycles. The summed E-state index contributed by atoms with van der Waals surface area (Å²) in [4.78, 5) is 22.1. The highest BCUT2D eigenvalue weighted by Crippen LogP contribution is 2.28. The second-order valence-electron chi connectivity index (χ2n) is 8.54. The Morgan fingerprint density at radius 1 is 1.03 bits per heavy atom. The van der Waals surface area contributed by atoms with Crippen LogP contribution in [0.15, 0.2) is 90.2 Å². The minimum atomic E-state index is -3.92. The van der Waals surface area contributed by atoms with Crippen molar-refractivity contribution in [3.05, 3.63) is 113 Å². The lowest BCUT2D eigenvalue weighted by Crippen LogP contribution is -2.13. The van der Waals surface area contributed by atoms with Gasteiger partial charge in [0, 0.05) is 29.0 Å². The number of nitrogens with two attached hydrogens (primary N) is 1. The van der Waals surface area contributed by atoms with E-state index >= 15 is 0 Å². The number of carbonyl (C=O) groups is 1. The molecule has 0 unspecified atom stereocenters. The molecule has 2 heterocycles. The van der Waals surface area contributed by atoms with Crippen LogP contribution in [0.2, 0.25) is 5.02 Å². The fourth-order valence-corrected chi connectivity index (χ4v) is 5.37. The Bertz CT molecular complexity index is 1750. The van der Waals surface area contributed by atoms with Crippen LogP contribution in [0.5, 0.6) is 0 Å². The van der Waals surface area contributed by atoms with Crippen molar-refractivity contribution in [2.24, 2.45) is 0 Å². The number of benzene rings is 3. The normalized spacial score (nSPS) is 11.5. The molecule has 0 aliphatic carbocycles. The minimum absolute atomic E-state index is 0.0220. The molecule has 0 atom stereocenters. The first kappa shape index (κ1) is 24.5. The van der Waals surface area contributed by atoms with Crippen molar-refractivity contribution in [1.29, 1.82) is 0 Å². The predicted octanol–water partition coefficient (Wildman–Crippen LogP) is 5.06. The zero-order chi connectivity index (χ0) is 26.2. The standard InChI is InChI=1S/C27H22ClN5O3S/c1-17-10-11-21(13-23(17)28)37(35,36)32-20-9-5-8-19(12-20)25(34)22-15-33(14-18-6-3-2-4-7-18)27-24(22)26(29)30-16-31-27/h2-13,15-16,32H,14H2,1H3,(H2,29,30,31). The summed E-state index contributed by atoms with van der Waals surface area (Å²) < 4.78 is 30.2. The number of anilines is 2. The van der Waals surface area contributed by atoms with E-state index in [-0.39, 0.29) is 27.7 Å². The molecule has 0 radical (unpaired) electrons. The van der Waals surface area contributed by atoms with Crippen LogP contribution >= 0.6 is 11.6 Å². The molecule has 0 spiro atoms. The first-order valence-corrected chi connectivity index (χ1v) is 13.2. The average molecular weight is 532 g/mol. The van der Waals surface area contributed by atoms with Crippen molar-refractivity contribution < 1.29 is 13.2 Å². The monoisotopic (exact) mass is 531 g/mol. The van der Waals surface area contributed by atoms with Crippen LogP contribution in [-0.4, -0.2) is 28.7 Å². The molecular formula is C27H22ClN5O3S. The fraction of sp³-hybridized carbons (Fsp3) is 0.0741. The first-order chi connectivity index (χ1) is 17.7. The summed E-state index contributed by atoms with van der Waals surface area (Å²) in [6.45, 7) is 2.27. The third-order valence-electron chi connectivity index (χ3n) is 5.95. The summed E-state index contributed by atoms with van der Waals surface area (Å²) >= 11 is 6.11. The Balaban J connectivity index is 1.50. The van der Waals surface area contributed by atoms with Crippen LogP contribution in [0.1, 0.15) is 27.0 Å². The molecule has 0 bridgehead atoms. The van der Waals surface area contributed by atoms with Gasteiger partial charge >= 0.3 is 0 Å². The molecule has 0 saturated carbocycles. The van der Waals surface area contributed by atoms with Gasteiger partial charge in [-0.15, -0.1) is 0 Å². The summed E-state index contributed by atoms with van der Waals surface area (Å²) in [5.74, 6) is -0.147. The van der Waals surface area contributed by atoms with E-state index in [1.54, 1.807) is 37.4 Å². The van der Waals surface area contributed by atoms with Crippen molar-refractivity contribution in [2.45, 2.75) is 18.4 Å². The van der Waals surface area contributed by atoms with Gasteiger partial charge in [-0.3, -0.25) is 9.52 Å². The van der Waals surface area contributed by atoms with Crippen LogP contribution in [0.25, 0.3) is 11.0 Å². The molecule has 37 heavy (non-hydrogen) atoms. The van der Waals surface area contributed by atoms with Crippen molar-refractivity contribution in [3.8, 4) is 0 Å². The van der Waals surface area contributed by atoms with Crippen LogP contribution < -0.4 is 10.5 Å². The summed E-state index contributed by atoms with van der Waals surface area (Å²) in [7, 11) is -3.92. The third kappa shape index (κ3) is 4.91. The Morgan fingerprint density at radius 3 is 2.57 bits per heavy atom. The van der Waals surface area contributed by atoms with Crippen molar-refractivity contribution >= 4 is 49.9 Å². The van der Waals surface area contributed by atoms with E-state index < -0.39 is 10.0 Å². The Labute approximate surface area is 218 Å². The van der Waals surface area contributed by atoms with E-state index in [1.165, 1.54) is 24.5 Å². The van der Waals surface area contributed by atoms with E-state index in [9.17, 15) is 13.2 Å². The van der Waals surface area contributed by atoms with Gasteiger partial charge in [-0.25, -0.2) is 18.4 Å². The van der Waals surface area contributed by atoms with Crippen molar-refractivity contribution in [3.63, 3.8) is 0 Å². The van der Waals surface area contributed by atoms with Crippen LogP contribution in [0.4, 0.5) is 11.5 Å². The molecule has 0 amide bonds. The molecule has 5 rings (SSSR count). The van der Waals surface area contributed by atoms with Crippen molar-refractivity contribution in [1.82, 2.24) is 14.5 Å². The summed E-state index contributed by atoms with van der Waals surface area (Å²) in [6.07, 6.45) is 3.07. The topological polar surface area (TPSA) is 120 Å². The van der Waals surface area contributed by atoms with E-state index in [4.69, 9.17) is 17.3 Å². The molecule has 186 valence electrons. The van der Waals surface area contributed by atoms with Gasteiger partial charge in [0.1, 0.15) is 17.8 Å². The van der Waals surface area contributed by atoms with Gasteiger partial charge in [-0.2, -0.15) is 0 Å². The number of hydrogen-bond donors (Lipinski definition) is 2. The molecule has 0 saturated heterocycles. The molecule has 3 N–H and O–H groups in total. The zero-order valence-corrected chi connectivity index (χ0v) is 21.3. The summed E-state index contributed by atoms with van der Waals surface area (Å²) in [6, 6.07) is 20.5. The van der Waals surface area contributed by atoms with Gasteiger partial charge in [0.05, 0.1) is 15.8 Å². The Morgan fingerprint density at radius 2 is 1.81 bits per heavy atom. The van der Waals surface area contributed by atoms with Crippen LogP contribution in [0, 0.1) is 6.92 Å². The maximum absolute atomic E-state index is 13.6. The number of nitrogen functional groups attached to an aromatic ring is 1. The molecule has 5 aromatic rings. The molecule has 0 aliphatic heterocycles.